The van der Waals surface area contributed by atoms with Crippen LogP contribution in [0.4, 0.5) is 18.9 Å². The predicted molar refractivity (Wildman–Crippen MR) is 65.8 cm³/mol. The molecule has 0 aliphatic rings. The lowest BCUT2D eigenvalue weighted by Crippen LogP contribution is -2.16. The molecule has 3 N–H and O–H groups in total. The molecule has 0 unspecified atom stereocenters. The van der Waals surface area contributed by atoms with Gasteiger partial charge in [0.05, 0.1) is 18.3 Å². The highest BCUT2D eigenvalue weighted by molar-refractivity contribution is 5.94. The van der Waals surface area contributed by atoms with E-state index < -0.39 is 11.9 Å². The molecule has 2 rings (SSSR count). The highest BCUT2D eigenvalue weighted by Gasteiger charge is 2.36. The van der Waals surface area contributed by atoms with Gasteiger partial charge >= 0.3 is 6.18 Å². The van der Waals surface area contributed by atoms with Crippen LogP contribution in [0.2, 0.25) is 0 Å². The standard InChI is InChI=1S/C12H12F3N3O/c1-6-10(18-16)8-5-7(19-2)3-4-9(8)17-11(6)12(13,14)15/h3-5H,16H2,1-2H3,(H,17,18). The van der Waals surface area contributed by atoms with Crippen LogP contribution in [0.5, 0.6) is 5.75 Å². The molecule has 0 saturated heterocycles. The molecule has 0 aliphatic carbocycles. The molecule has 1 heterocycles. The van der Waals surface area contributed by atoms with Crippen LogP contribution in [0.1, 0.15) is 11.3 Å². The molecule has 0 amide bonds. The maximum absolute atomic E-state index is 12.9. The minimum absolute atomic E-state index is 0.0456. The Hall–Kier alpha value is -2.02. The number of fused-ring (bicyclic) bond motifs is 1. The van der Waals surface area contributed by atoms with Gasteiger partial charge in [0.25, 0.3) is 0 Å². The van der Waals surface area contributed by atoms with Crippen molar-refractivity contribution >= 4 is 16.6 Å². The van der Waals surface area contributed by atoms with E-state index in [-0.39, 0.29) is 16.8 Å². The van der Waals surface area contributed by atoms with Crippen LogP contribution < -0.4 is 16.0 Å². The first-order chi connectivity index (χ1) is 8.88. The first-order valence-electron chi connectivity index (χ1n) is 5.40. The fourth-order valence-corrected chi connectivity index (χ4v) is 1.93. The van der Waals surface area contributed by atoms with Gasteiger partial charge in [-0.25, -0.2) is 4.98 Å². The summed E-state index contributed by atoms with van der Waals surface area (Å²) in [4.78, 5) is 3.65. The Labute approximate surface area is 107 Å². The first kappa shape index (κ1) is 13.4. The lowest BCUT2D eigenvalue weighted by molar-refractivity contribution is -0.141. The quantitative estimate of drug-likeness (QED) is 0.651. The normalized spacial score (nSPS) is 11.7. The summed E-state index contributed by atoms with van der Waals surface area (Å²) in [7, 11) is 1.47. The molecule has 2 aromatic rings. The summed E-state index contributed by atoms with van der Waals surface area (Å²) < 4.78 is 43.7. The van der Waals surface area contributed by atoms with Crippen molar-refractivity contribution in [2.75, 3.05) is 12.5 Å². The Kier molecular flexibility index (Phi) is 3.23. The highest BCUT2D eigenvalue weighted by atomic mass is 19.4. The van der Waals surface area contributed by atoms with Gasteiger partial charge in [-0.1, -0.05) is 0 Å². The summed E-state index contributed by atoms with van der Waals surface area (Å²) in [6.07, 6.45) is -4.52. The second kappa shape index (κ2) is 4.58. The van der Waals surface area contributed by atoms with E-state index in [1.807, 2.05) is 0 Å². The summed E-state index contributed by atoms with van der Waals surface area (Å²) in [6, 6.07) is 4.60. The number of pyridine rings is 1. The van der Waals surface area contributed by atoms with Crippen LogP contribution in [0.15, 0.2) is 18.2 Å². The van der Waals surface area contributed by atoms with Crippen LogP contribution in [0.25, 0.3) is 10.9 Å². The van der Waals surface area contributed by atoms with Gasteiger partial charge in [0.15, 0.2) is 0 Å². The molecule has 7 heteroatoms. The Balaban J connectivity index is 2.82. The maximum Gasteiger partial charge on any atom is 0.433 e. The Morgan fingerprint density at radius 2 is 2.00 bits per heavy atom. The molecule has 0 spiro atoms. The number of methoxy groups -OCH3 is 1. The smallest absolute Gasteiger partial charge is 0.433 e. The van der Waals surface area contributed by atoms with Crippen LogP contribution >= 0.6 is 0 Å². The fourth-order valence-electron chi connectivity index (χ4n) is 1.93. The maximum atomic E-state index is 12.9. The van der Waals surface area contributed by atoms with Gasteiger partial charge in [-0.15, -0.1) is 0 Å². The molecule has 1 aromatic carbocycles. The number of alkyl halides is 3. The van der Waals surface area contributed by atoms with Crippen molar-refractivity contribution in [2.24, 2.45) is 5.84 Å². The Morgan fingerprint density at radius 3 is 2.53 bits per heavy atom. The summed E-state index contributed by atoms with van der Waals surface area (Å²) in [6.45, 7) is 1.32. The average molecular weight is 271 g/mol. The van der Waals surface area contributed by atoms with E-state index in [1.54, 1.807) is 12.1 Å². The van der Waals surface area contributed by atoms with Crippen molar-refractivity contribution in [3.05, 3.63) is 29.5 Å². The van der Waals surface area contributed by atoms with E-state index in [4.69, 9.17) is 10.6 Å². The van der Waals surface area contributed by atoms with E-state index in [9.17, 15) is 13.2 Å². The van der Waals surface area contributed by atoms with E-state index in [0.29, 0.717) is 11.1 Å². The third-order valence-corrected chi connectivity index (χ3v) is 2.85. The van der Waals surface area contributed by atoms with Crippen LogP contribution in [-0.2, 0) is 6.18 Å². The SMILES string of the molecule is COc1ccc2nc(C(F)(F)F)c(C)c(NN)c2c1. The third kappa shape index (κ3) is 2.28. The molecule has 0 bridgehead atoms. The second-order valence-electron chi connectivity index (χ2n) is 3.99. The largest absolute Gasteiger partial charge is 0.497 e. The number of aromatic nitrogens is 1. The van der Waals surface area contributed by atoms with Gasteiger partial charge in [0.1, 0.15) is 11.4 Å². The molecule has 0 saturated carbocycles. The van der Waals surface area contributed by atoms with Crippen molar-refractivity contribution in [1.82, 2.24) is 4.98 Å². The molecular formula is C12H12F3N3O. The van der Waals surface area contributed by atoms with Crippen molar-refractivity contribution in [1.29, 1.82) is 0 Å². The van der Waals surface area contributed by atoms with Crippen LogP contribution in [0, 0.1) is 6.92 Å². The van der Waals surface area contributed by atoms with Gasteiger partial charge in [-0.2, -0.15) is 13.2 Å². The number of halogens is 3. The molecule has 0 atom stereocenters. The van der Waals surface area contributed by atoms with Gasteiger partial charge in [-0.3, -0.25) is 5.84 Å². The number of ether oxygens (including phenoxy) is 1. The fraction of sp³-hybridized carbons (Fsp3) is 0.250. The number of nitrogens with zero attached hydrogens (tertiary/aromatic N) is 1. The Bertz CT molecular complexity index is 626. The second-order valence-corrected chi connectivity index (χ2v) is 3.99. The number of anilines is 1. The van der Waals surface area contributed by atoms with Crippen LogP contribution in [0.3, 0.4) is 0 Å². The van der Waals surface area contributed by atoms with E-state index in [2.05, 4.69) is 10.4 Å². The molecule has 1 aromatic heterocycles. The zero-order valence-corrected chi connectivity index (χ0v) is 10.3. The van der Waals surface area contributed by atoms with Crippen molar-refractivity contribution in [2.45, 2.75) is 13.1 Å². The number of nitrogen functional groups attached to an aromatic ring is 1. The minimum atomic E-state index is -4.52. The third-order valence-electron chi connectivity index (χ3n) is 2.85. The van der Waals surface area contributed by atoms with Gasteiger partial charge in [-0.05, 0) is 25.1 Å². The number of hydrogen-bond donors (Lipinski definition) is 2. The number of hydrazine groups is 1. The molecule has 19 heavy (non-hydrogen) atoms. The topological polar surface area (TPSA) is 60.2 Å². The van der Waals surface area contributed by atoms with Crippen LogP contribution in [-0.4, -0.2) is 12.1 Å². The predicted octanol–water partition coefficient (Wildman–Crippen LogP) is 2.86. The molecule has 0 fully saturated rings. The van der Waals surface area contributed by atoms with Gasteiger partial charge < -0.3 is 10.2 Å². The summed E-state index contributed by atoms with van der Waals surface area (Å²) in [5.74, 6) is 5.85. The van der Waals surface area contributed by atoms with E-state index in [1.165, 1.54) is 20.1 Å². The number of rotatable bonds is 2. The van der Waals surface area contributed by atoms with Gasteiger partial charge in [0, 0.05) is 10.9 Å². The highest BCUT2D eigenvalue weighted by Crippen LogP contribution is 2.37. The zero-order chi connectivity index (χ0) is 14.2. The number of benzene rings is 1. The summed E-state index contributed by atoms with van der Waals surface area (Å²) in [5, 5.41) is 0.479. The monoisotopic (exact) mass is 271 g/mol. The molecule has 0 aliphatic heterocycles. The first-order valence-corrected chi connectivity index (χ1v) is 5.40. The lowest BCUT2D eigenvalue weighted by Gasteiger charge is -2.16. The molecular weight excluding hydrogens is 259 g/mol. The average Bonchev–Trinajstić information content (AvgIpc) is 2.36. The molecule has 4 nitrogen and oxygen atoms in total. The van der Waals surface area contributed by atoms with Gasteiger partial charge in [0.2, 0.25) is 0 Å². The number of nitrogens with two attached hydrogens (primary N) is 1. The van der Waals surface area contributed by atoms with E-state index in [0.717, 1.165) is 0 Å². The minimum Gasteiger partial charge on any atom is -0.497 e. The zero-order valence-electron chi connectivity index (χ0n) is 10.3. The number of nitrogens with one attached hydrogen (secondary N) is 1. The van der Waals surface area contributed by atoms with Crippen molar-refractivity contribution in [3.8, 4) is 5.75 Å². The summed E-state index contributed by atoms with van der Waals surface area (Å²) >= 11 is 0. The number of hydrogen-bond acceptors (Lipinski definition) is 4. The van der Waals surface area contributed by atoms with Crippen molar-refractivity contribution < 1.29 is 17.9 Å². The lowest BCUT2D eigenvalue weighted by atomic mass is 10.1. The Morgan fingerprint density at radius 1 is 1.32 bits per heavy atom. The molecule has 102 valence electrons. The van der Waals surface area contributed by atoms with E-state index >= 15 is 0 Å². The van der Waals surface area contributed by atoms with Crippen molar-refractivity contribution in [3.63, 3.8) is 0 Å². The summed E-state index contributed by atoms with van der Waals surface area (Å²) in [5.41, 5.74) is 1.71. The molecule has 0 radical (unpaired) electrons.